The minimum Gasteiger partial charge on any atom is -0.312 e. The quantitative estimate of drug-likeness (QED) is 0.279. The van der Waals surface area contributed by atoms with Crippen LogP contribution in [0, 0.1) is 0 Å². The smallest absolute Gasteiger partial charge is 0.235 e. The van der Waals surface area contributed by atoms with E-state index in [4.69, 9.17) is 0 Å². The number of hydrogen-bond acceptors (Lipinski definition) is 6. The van der Waals surface area contributed by atoms with Gasteiger partial charge in [0.05, 0.1) is 23.7 Å². The van der Waals surface area contributed by atoms with Gasteiger partial charge in [0.1, 0.15) is 0 Å². The Morgan fingerprint density at radius 2 is 0.976 bits per heavy atom. The maximum atomic E-state index is 14.2. The summed E-state index contributed by atoms with van der Waals surface area (Å²) in [5, 5.41) is -0.0272. The van der Waals surface area contributed by atoms with E-state index >= 15 is 0 Å². The zero-order valence-electron chi connectivity index (χ0n) is 23.7. The van der Waals surface area contributed by atoms with Crippen LogP contribution >= 0.6 is 23.5 Å². The number of anilines is 2. The highest BCUT2D eigenvalue weighted by atomic mass is 32.2. The van der Waals surface area contributed by atoms with Crippen molar-refractivity contribution in [3.8, 4) is 0 Å². The average Bonchev–Trinajstić information content (AvgIpc) is 3.65. The molecule has 42 heavy (non-hydrogen) atoms. The number of unbranched alkanes of at least 4 members (excludes halogenated alkanes) is 2. The Morgan fingerprint density at radius 3 is 1.38 bits per heavy atom. The van der Waals surface area contributed by atoms with E-state index in [1.165, 1.54) is 23.5 Å². The third-order valence-electron chi connectivity index (χ3n) is 9.07. The molecule has 0 bridgehead atoms. The van der Waals surface area contributed by atoms with Crippen LogP contribution in [0.4, 0.5) is 11.4 Å². The molecular formula is C34H32N2O4S2. The zero-order chi connectivity index (χ0) is 29.1. The number of hydrogen-bond donors (Lipinski definition) is 0. The summed E-state index contributed by atoms with van der Waals surface area (Å²) in [6.45, 7) is 5.28. The van der Waals surface area contributed by atoms with E-state index in [1.54, 1.807) is 0 Å². The van der Waals surface area contributed by atoms with Gasteiger partial charge in [0.25, 0.3) is 0 Å². The molecule has 6 nitrogen and oxygen atoms in total. The van der Waals surface area contributed by atoms with Crippen LogP contribution in [0.3, 0.4) is 0 Å². The fourth-order valence-electron chi connectivity index (χ4n) is 7.04. The lowest BCUT2D eigenvalue weighted by Gasteiger charge is -2.21. The first kappa shape index (κ1) is 27.5. The van der Waals surface area contributed by atoms with Crippen LogP contribution in [0.5, 0.6) is 0 Å². The number of fused-ring (bicyclic) bond motifs is 4. The van der Waals surface area contributed by atoms with E-state index in [1.807, 2.05) is 70.5 Å². The predicted octanol–water partition coefficient (Wildman–Crippen LogP) is 6.98. The van der Waals surface area contributed by atoms with E-state index in [0.717, 1.165) is 69.1 Å². The van der Waals surface area contributed by atoms with Crippen LogP contribution in [-0.4, -0.2) is 35.1 Å². The standard InChI is InChI=1S/C34H32N2O4S2/c1-3-5-15-35-23-17-22-24(18-21(23)27(31(35)37)29-19-11-7-9-13-25(19)41-33(29)39)36(16-6-4-2)32(38)28(22)30-20-12-8-10-14-26(20)42-34(30)40/h7-14,17-18,27-30H,3-6,15-16H2,1-2H3. The Bertz CT molecular complexity index is 1530. The summed E-state index contributed by atoms with van der Waals surface area (Å²) in [7, 11) is 0. The second kappa shape index (κ2) is 10.7. The molecule has 0 aliphatic carbocycles. The molecule has 4 heterocycles. The van der Waals surface area contributed by atoms with E-state index in [-0.39, 0.29) is 22.0 Å². The molecule has 4 atom stereocenters. The molecule has 3 aromatic rings. The summed E-state index contributed by atoms with van der Waals surface area (Å²) in [6, 6.07) is 19.5. The van der Waals surface area contributed by atoms with E-state index < -0.39 is 23.7 Å². The molecule has 0 spiro atoms. The van der Waals surface area contributed by atoms with Gasteiger partial charge in [-0.15, -0.1) is 0 Å². The van der Waals surface area contributed by atoms with Crippen molar-refractivity contribution >= 4 is 56.9 Å². The Kier molecular flexibility index (Phi) is 7.02. The number of thioether (sulfide) groups is 2. The van der Waals surface area contributed by atoms with Crippen LogP contribution < -0.4 is 9.80 Å². The monoisotopic (exact) mass is 596 g/mol. The number of amides is 2. The largest absolute Gasteiger partial charge is 0.312 e. The molecule has 4 unspecified atom stereocenters. The number of rotatable bonds is 8. The van der Waals surface area contributed by atoms with Crippen LogP contribution in [0.1, 0.15) is 85.5 Å². The lowest BCUT2D eigenvalue weighted by atomic mass is 9.80. The molecule has 0 saturated heterocycles. The fraction of sp³-hybridized carbons (Fsp3) is 0.353. The fourth-order valence-corrected chi connectivity index (χ4v) is 9.17. The number of carbonyl (C=O) groups is 4. The zero-order valence-corrected chi connectivity index (χ0v) is 25.3. The van der Waals surface area contributed by atoms with Gasteiger partial charge in [-0.2, -0.15) is 0 Å². The van der Waals surface area contributed by atoms with Crippen LogP contribution in [0.25, 0.3) is 0 Å². The molecule has 0 N–H and O–H groups in total. The first-order valence-corrected chi connectivity index (χ1v) is 16.5. The molecule has 7 rings (SSSR count). The molecule has 2 amide bonds. The Hall–Kier alpha value is -3.36. The molecule has 0 saturated carbocycles. The van der Waals surface area contributed by atoms with Crippen molar-refractivity contribution in [1.29, 1.82) is 0 Å². The van der Waals surface area contributed by atoms with Crippen LogP contribution in [0.15, 0.2) is 70.5 Å². The van der Waals surface area contributed by atoms with Crippen molar-refractivity contribution in [1.82, 2.24) is 0 Å². The van der Waals surface area contributed by atoms with Crippen molar-refractivity contribution in [2.75, 3.05) is 22.9 Å². The van der Waals surface area contributed by atoms with Crippen LogP contribution in [-0.2, 0) is 19.2 Å². The van der Waals surface area contributed by atoms with Gasteiger partial charge < -0.3 is 9.80 Å². The van der Waals surface area contributed by atoms with Gasteiger partial charge in [-0.05, 0) is 59.4 Å². The SMILES string of the molecule is CCCCN1C(=O)C(C2C(=O)Sc3ccccc32)c2cc3c(cc21)C(C1C(=O)Sc2ccccc21)C(=O)N3CCCC. The summed E-state index contributed by atoms with van der Waals surface area (Å²) in [5.74, 6) is -2.54. The minimum atomic E-state index is -0.641. The molecule has 0 fully saturated rings. The second-order valence-corrected chi connectivity index (χ2v) is 13.6. The van der Waals surface area contributed by atoms with Crippen molar-refractivity contribution in [2.45, 2.75) is 73.0 Å². The normalized spacial score (nSPS) is 24.0. The van der Waals surface area contributed by atoms with E-state index in [0.29, 0.717) is 13.1 Å². The van der Waals surface area contributed by atoms with Gasteiger partial charge >= 0.3 is 0 Å². The van der Waals surface area contributed by atoms with Crippen molar-refractivity contribution in [3.63, 3.8) is 0 Å². The summed E-state index contributed by atoms with van der Waals surface area (Å²) in [5.41, 5.74) is 4.98. The Balaban J connectivity index is 1.40. The van der Waals surface area contributed by atoms with Gasteiger partial charge in [0.15, 0.2) is 0 Å². The van der Waals surface area contributed by atoms with Crippen LogP contribution in [0.2, 0.25) is 0 Å². The molecule has 4 aliphatic heterocycles. The summed E-state index contributed by atoms with van der Waals surface area (Å²) in [6.07, 6.45) is 3.50. The highest BCUT2D eigenvalue weighted by Gasteiger charge is 2.52. The maximum absolute atomic E-state index is 14.2. The first-order chi connectivity index (χ1) is 20.4. The highest BCUT2D eigenvalue weighted by Crippen LogP contribution is 2.58. The third kappa shape index (κ3) is 4.09. The number of carbonyl (C=O) groups excluding carboxylic acids is 4. The van der Waals surface area contributed by atoms with Gasteiger partial charge in [0.2, 0.25) is 22.0 Å². The molecule has 3 aromatic carbocycles. The molecule has 214 valence electrons. The molecule has 0 aromatic heterocycles. The molecule has 0 radical (unpaired) electrons. The Morgan fingerprint density at radius 1 is 0.571 bits per heavy atom. The second-order valence-electron chi connectivity index (χ2n) is 11.5. The molecule has 4 aliphatic rings. The summed E-state index contributed by atoms with van der Waals surface area (Å²) in [4.78, 5) is 60.9. The highest BCUT2D eigenvalue weighted by molar-refractivity contribution is 8.14. The van der Waals surface area contributed by atoms with E-state index in [9.17, 15) is 19.2 Å². The van der Waals surface area contributed by atoms with Gasteiger partial charge in [-0.1, -0.05) is 86.6 Å². The van der Waals surface area contributed by atoms with Gasteiger partial charge in [-0.3, -0.25) is 19.2 Å². The number of nitrogens with zero attached hydrogens (tertiary/aromatic N) is 2. The maximum Gasteiger partial charge on any atom is 0.235 e. The van der Waals surface area contributed by atoms with E-state index in [2.05, 4.69) is 13.8 Å². The van der Waals surface area contributed by atoms with Crippen molar-refractivity contribution in [3.05, 3.63) is 82.9 Å². The summed E-state index contributed by atoms with van der Waals surface area (Å²) < 4.78 is 0. The van der Waals surface area contributed by atoms with Crippen molar-refractivity contribution < 1.29 is 19.2 Å². The lowest BCUT2D eigenvalue weighted by Crippen LogP contribution is -2.33. The average molecular weight is 597 g/mol. The predicted molar refractivity (Wildman–Crippen MR) is 167 cm³/mol. The summed E-state index contributed by atoms with van der Waals surface area (Å²) >= 11 is 2.43. The molecular weight excluding hydrogens is 565 g/mol. The first-order valence-electron chi connectivity index (χ1n) is 14.9. The Labute approximate surface area is 254 Å². The minimum absolute atomic E-state index is 0.0136. The topological polar surface area (TPSA) is 74.8 Å². The molecule has 8 heteroatoms. The third-order valence-corrected chi connectivity index (χ3v) is 11.2. The van der Waals surface area contributed by atoms with Crippen molar-refractivity contribution in [2.24, 2.45) is 0 Å². The number of benzene rings is 3. The lowest BCUT2D eigenvalue weighted by molar-refractivity contribution is -0.122. The van der Waals surface area contributed by atoms with Gasteiger partial charge in [0, 0.05) is 34.3 Å². The van der Waals surface area contributed by atoms with Gasteiger partial charge in [-0.25, -0.2) is 0 Å².